The van der Waals surface area contributed by atoms with Crippen molar-refractivity contribution in [2.24, 2.45) is 0 Å². The molecule has 0 spiro atoms. The quantitative estimate of drug-likeness (QED) is 0.623. The third-order valence-corrected chi connectivity index (χ3v) is 4.92. The number of thiophene rings is 1. The second-order valence-electron chi connectivity index (χ2n) is 2.87. The molecule has 1 heterocycles. The minimum absolute atomic E-state index is 0.479. The van der Waals surface area contributed by atoms with E-state index in [-0.39, 0.29) is 0 Å². The van der Waals surface area contributed by atoms with Gasteiger partial charge >= 0.3 is 0 Å². The maximum Gasteiger partial charge on any atom is 0.0670 e. The van der Waals surface area contributed by atoms with Crippen molar-refractivity contribution in [3.8, 4) is 6.07 Å². The van der Waals surface area contributed by atoms with E-state index in [1.165, 1.54) is 10.1 Å². The SMILES string of the molecule is N#CCc1csc2ccc(S)c(I)c12. The van der Waals surface area contributed by atoms with Crippen LogP contribution in [0.3, 0.4) is 0 Å². The van der Waals surface area contributed by atoms with E-state index < -0.39 is 0 Å². The van der Waals surface area contributed by atoms with Gasteiger partial charge in [-0.3, -0.25) is 0 Å². The molecule has 0 atom stereocenters. The standard InChI is InChI=1S/C10H6INS2/c11-10-7(13)1-2-8-9(10)6(3-4-12)5-14-8/h1-2,5,13H,3H2. The van der Waals surface area contributed by atoms with Crippen molar-refractivity contribution >= 4 is 56.6 Å². The molecule has 0 fully saturated rings. The normalized spacial score (nSPS) is 10.4. The number of rotatable bonds is 1. The van der Waals surface area contributed by atoms with Gasteiger partial charge in [0.05, 0.1) is 12.5 Å². The van der Waals surface area contributed by atoms with E-state index in [9.17, 15) is 0 Å². The molecule has 0 saturated heterocycles. The molecule has 14 heavy (non-hydrogen) atoms. The lowest BCUT2D eigenvalue weighted by atomic mass is 10.1. The monoisotopic (exact) mass is 331 g/mol. The van der Waals surface area contributed by atoms with Crippen molar-refractivity contribution in [3.05, 3.63) is 26.6 Å². The number of hydrogen-bond acceptors (Lipinski definition) is 3. The van der Waals surface area contributed by atoms with Crippen molar-refractivity contribution < 1.29 is 0 Å². The molecule has 0 bridgehead atoms. The molecule has 1 aromatic carbocycles. The van der Waals surface area contributed by atoms with Crippen LogP contribution in [0.2, 0.25) is 0 Å². The highest BCUT2D eigenvalue weighted by atomic mass is 127. The summed E-state index contributed by atoms with van der Waals surface area (Å²) < 4.78 is 2.38. The first-order chi connectivity index (χ1) is 6.74. The Bertz CT molecular complexity index is 525. The fraction of sp³-hybridized carbons (Fsp3) is 0.100. The zero-order valence-electron chi connectivity index (χ0n) is 7.12. The lowest BCUT2D eigenvalue weighted by molar-refractivity contribution is 1.29. The number of fused-ring (bicyclic) bond motifs is 1. The van der Waals surface area contributed by atoms with Gasteiger partial charge in [-0.2, -0.15) is 5.26 Å². The van der Waals surface area contributed by atoms with Crippen LogP contribution in [0, 0.1) is 14.9 Å². The van der Waals surface area contributed by atoms with Crippen LogP contribution in [0.5, 0.6) is 0 Å². The molecule has 0 saturated carbocycles. The van der Waals surface area contributed by atoms with E-state index in [1.807, 2.05) is 6.07 Å². The minimum atomic E-state index is 0.479. The minimum Gasteiger partial charge on any atom is -0.198 e. The van der Waals surface area contributed by atoms with Gasteiger partial charge in [0.1, 0.15) is 0 Å². The van der Waals surface area contributed by atoms with Gasteiger partial charge < -0.3 is 0 Å². The van der Waals surface area contributed by atoms with Crippen molar-refractivity contribution in [3.63, 3.8) is 0 Å². The predicted octanol–water partition coefficient (Wildman–Crippen LogP) is 3.86. The van der Waals surface area contributed by atoms with Crippen LogP contribution in [-0.4, -0.2) is 0 Å². The molecule has 70 valence electrons. The third kappa shape index (κ3) is 1.64. The van der Waals surface area contributed by atoms with Crippen LogP contribution >= 0.6 is 46.6 Å². The van der Waals surface area contributed by atoms with Gasteiger partial charge in [-0.15, -0.1) is 24.0 Å². The first-order valence-corrected chi connectivity index (χ1v) is 6.39. The molecular formula is C10H6INS2. The predicted molar refractivity (Wildman–Crippen MR) is 71.1 cm³/mol. The lowest BCUT2D eigenvalue weighted by Gasteiger charge is -2.00. The summed E-state index contributed by atoms with van der Waals surface area (Å²) in [5.74, 6) is 0. The molecule has 0 aliphatic rings. The summed E-state index contributed by atoms with van der Waals surface area (Å²) in [6, 6.07) is 6.25. The molecule has 1 aromatic heterocycles. The molecule has 0 N–H and O–H groups in total. The first kappa shape index (κ1) is 10.3. The lowest BCUT2D eigenvalue weighted by Crippen LogP contribution is -1.82. The van der Waals surface area contributed by atoms with E-state index in [4.69, 9.17) is 5.26 Å². The fourth-order valence-electron chi connectivity index (χ4n) is 1.35. The van der Waals surface area contributed by atoms with Crippen LogP contribution < -0.4 is 0 Å². The average Bonchev–Trinajstić information content (AvgIpc) is 2.57. The van der Waals surface area contributed by atoms with Gasteiger partial charge in [-0.1, -0.05) is 0 Å². The third-order valence-electron chi connectivity index (χ3n) is 2.00. The Hall–Kier alpha value is -0.250. The highest BCUT2D eigenvalue weighted by Gasteiger charge is 2.09. The fourth-order valence-corrected chi connectivity index (χ4v) is 3.51. The van der Waals surface area contributed by atoms with E-state index in [1.54, 1.807) is 11.3 Å². The highest BCUT2D eigenvalue weighted by Crippen LogP contribution is 2.33. The second kappa shape index (κ2) is 4.09. The van der Waals surface area contributed by atoms with Crippen molar-refractivity contribution in [1.82, 2.24) is 0 Å². The highest BCUT2D eigenvalue weighted by molar-refractivity contribution is 14.1. The summed E-state index contributed by atoms with van der Waals surface area (Å²) in [6.07, 6.45) is 0.479. The number of thiol groups is 1. The first-order valence-electron chi connectivity index (χ1n) is 3.98. The molecular weight excluding hydrogens is 325 g/mol. The van der Waals surface area contributed by atoms with Crippen molar-refractivity contribution in [2.75, 3.05) is 0 Å². The Labute approximate surface area is 105 Å². The van der Waals surface area contributed by atoms with Crippen molar-refractivity contribution in [2.45, 2.75) is 11.3 Å². The maximum absolute atomic E-state index is 8.69. The Kier molecular flexibility index (Phi) is 3.00. The van der Waals surface area contributed by atoms with Crippen LogP contribution in [-0.2, 0) is 6.42 Å². The van der Waals surface area contributed by atoms with Gasteiger partial charge in [0.25, 0.3) is 0 Å². The van der Waals surface area contributed by atoms with Gasteiger partial charge in [0.2, 0.25) is 0 Å². The van der Waals surface area contributed by atoms with Gasteiger partial charge in [0.15, 0.2) is 0 Å². The molecule has 1 nitrogen and oxygen atoms in total. The Morgan fingerprint density at radius 1 is 1.50 bits per heavy atom. The molecule has 2 aromatic rings. The number of nitrogens with zero attached hydrogens (tertiary/aromatic N) is 1. The summed E-state index contributed by atoms with van der Waals surface area (Å²) in [5, 5.41) is 11.9. The molecule has 2 rings (SSSR count). The van der Waals surface area contributed by atoms with Gasteiger partial charge in [-0.25, -0.2) is 0 Å². The zero-order valence-corrected chi connectivity index (χ0v) is 11.0. The summed E-state index contributed by atoms with van der Waals surface area (Å²) in [4.78, 5) is 0.982. The van der Waals surface area contributed by atoms with E-state index >= 15 is 0 Å². The second-order valence-corrected chi connectivity index (χ2v) is 5.34. The number of halogens is 1. The molecule has 0 amide bonds. The molecule has 4 heteroatoms. The Morgan fingerprint density at radius 3 is 3.00 bits per heavy atom. The zero-order chi connectivity index (χ0) is 10.1. The van der Waals surface area contributed by atoms with E-state index in [2.05, 4.69) is 52.7 Å². The summed E-state index contributed by atoms with van der Waals surface area (Å²) in [5.41, 5.74) is 1.12. The number of benzene rings is 1. The average molecular weight is 331 g/mol. The topological polar surface area (TPSA) is 23.8 Å². The summed E-state index contributed by atoms with van der Waals surface area (Å²) in [6.45, 7) is 0. The van der Waals surface area contributed by atoms with Crippen LogP contribution in [0.1, 0.15) is 5.56 Å². The summed E-state index contributed by atoms with van der Waals surface area (Å²) in [7, 11) is 0. The number of hydrogen-bond donors (Lipinski definition) is 1. The van der Waals surface area contributed by atoms with Crippen LogP contribution in [0.15, 0.2) is 22.4 Å². The Morgan fingerprint density at radius 2 is 2.29 bits per heavy atom. The number of nitriles is 1. The van der Waals surface area contributed by atoms with Crippen molar-refractivity contribution in [1.29, 1.82) is 5.26 Å². The largest absolute Gasteiger partial charge is 0.198 e. The van der Waals surface area contributed by atoms with Gasteiger partial charge in [-0.05, 0) is 45.7 Å². The molecule has 0 aliphatic carbocycles. The molecule has 0 radical (unpaired) electrons. The van der Waals surface area contributed by atoms with E-state index in [0.29, 0.717) is 6.42 Å². The smallest absolute Gasteiger partial charge is 0.0670 e. The maximum atomic E-state index is 8.69. The van der Waals surface area contributed by atoms with Crippen LogP contribution in [0.25, 0.3) is 10.1 Å². The van der Waals surface area contributed by atoms with Gasteiger partial charge in [0, 0.05) is 18.6 Å². The Balaban J connectivity index is 2.77. The molecule has 0 unspecified atom stereocenters. The molecule has 0 aliphatic heterocycles. The van der Waals surface area contributed by atoms with Crippen LogP contribution in [0.4, 0.5) is 0 Å². The van der Waals surface area contributed by atoms with E-state index in [0.717, 1.165) is 14.0 Å². The summed E-state index contributed by atoms with van der Waals surface area (Å²) >= 11 is 8.35.